The van der Waals surface area contributed by atoms with Gasteiger partial charge < -0.3 is 10.2 Å². The molecule has 0 saturated carbocycles. The maximum atomic E-state index is 5.99. The molecule has 0 fully saturated rings. The molecule has 2 nitrogen and oxygen atoms in total. The average molecular weight is 241 g/mol. The second kappa shape index (κ2) is 6.89. The highest BCUT2D eigenvalue weighted by molar-refractivity contribution is 6.30. The predicted octanol–water partition coefficient (Wildman–Crippen LogP) is 2.59. The van der Waals surface area contributed by atoms with E-state index in [1.54, 1.807) is 0 Å². The molecule has 0 bridgehead atoms. The molecule has 0 aromatic heterocycles. The summed E-state index contributed by atoms with van der Waals surface area (Å²) in [6, 6.07) is 8.13. The molecule has 0 aliphatic rings. The van der Waals surface area contributed by atoms with Crippen molar-refractivity contribution >= 4 is 11.6 Å². The molecule has 1 N–H and O–H groups in total. The Kier molecular flexibility index (Phi) is 5.81. The van der Waals surface area contributed by atoms with Crippen molar-refractivity contribution in [1.82, 2.24) is 10.2 Å². The van der Waals surface area contributed by atoms with Crippen LogP contribution in [0.25, 0.3) is 0 Å². The average Bonchev–Trinajstić information content (AvgIpc) is 2.26. The van der Waals surface area contributed by atoms with Crippen molar-refractivity contribution in [3.63, 3.8) is 0 Å². The van der Waals surface area contributed by atoms with Gasteiger partial charge in [-0.1, -0.05) is 30.7 Å². The highest BCUT2D eigenvalue weighted by atomic mass is 35.5. The first-order valence-corrected chi connectivity index (χ1v) is 6.10. The van der Waals surface area contributed by atoms with Crippen LogP contribution in [-0.2, 0) is 0 Å². The van der Waals surface area contributed by atoms with Crippen molar-refractivity contribution < 1.29 is 0 Å². The van der Waals surface area contributed by atoms with E-state index in [2.05, 4.69) is 36.3 Å². The standard InChI is InChI=1S/C13H21ClN2/c1-11(10-16(3)8-7-15-2)12-5-4-6-13(14)9-12/h4-6,9,11,15H,7-8,10H2,1-3H3. The normalized spacial score (nSPS) is 13.1. The minimum atomic E-state index is 0.514. The van der Waals surface area contributed by atoms with Crippen LogP contribution in [0, 0.1) is 0 Å². The molecule has 3 heteroatoms. The zero-order valence-corrected chi connectivity index (χ0v) is 11.1. The fourth-order valence-corrected chi connectivity index (χ4v) is 1.98. The van der Waals surface area contributed by atoms with E-state index in [1.165, 1.54) is 5.56 Å². The first kappa shape index (κ1) is 13.5. The van der Waals surface area contributed by atoms with E-state index in [0.29, 0.717) is 5.92 Å². The van der Waals surface area contributed by atoms with Crippen LogP contribution in [0.5, 0.6) is 0 Å². The first-order valence-electron chi connectivity index (χ1n) is 5.72. The van der Waals surface area contributed by atoms with Crippen LogP contribution in [0.2, 0.25) is 5.02 Å². The molecule has 1 rings (SSSR count). The van der Waals surface area contributed by atoms with E-state index in [-0.39, 0.29) is 0 Å². The second-order valence-corrected chi connectivity index (χ2v) is 4.76. The topological polar surface area (TPSA) is 15.3 Å². The molecule has 16 heavy (non-hydrogen) atoms. The Hall–Kier alpha value is -0.570. The van der Waals surface area contributed by atoms with Crippen molar-refractivity contribution in [1.29, 1.82) is 0 Å². The molecular weight excluding hydrogens is 220 g/mol. The summed E-state index contributed by atoms with van der Waals surface area (Å²) in [6.45, 7) is 5.39. The fourth-order valence-electron chi connectivity index (χ4n) is 1.78. The summed E-state index contributed by atoms with van der Waals surface area (Å²) < 4.78 is 0. The van der Waals surface area contributed by atoms with Gasteiger partial charge in [0.25, 0.3) is 0 Å². The first-order chi connectivity index (χ1) is 7.63. The molecule has 0 amide bonds. The molecule has 0 radical (unpaired) electrons. The summed E-state index contributed by atoms with van der Waals surface area (Å²) in [5.74, 6) is 0.514. The number of nitrogens with zero attached hydrogens (tertiary/aromatic N) is 1. The van der Waals surface area contributed by atoms with Gasteiger partial charge in [-0.05, 0) is 37.7 Å². The van der Waals surface area contributed by atoms with Gasteiger partial charge in [0.05, 0.1) is 0 Å². The van der Waals surface area contributed by atoms with Crippen molar-refractivity contribution in [3.8, 4) is 0 Å². The Morgan fingerprint density at radius 2 is 2.19 bits per heavy atom. The predicted molar refractivity (Wildman–Crippen MR) is 71.3 cm³/mol. The Morgan fingerprint density at radius 1 is 1.44 bits per heavy atom. The number of benzene rings is 1. The number of likely N-dealkylation sites (N-methyl/N-ethyl adjacent to an activating group) is 2. The fraction of sp³-hybridized carbons (Fsp3) is 0.538. The molecule has 0 aliphatic heterocycles. The summed E-state index contributed by atoms with van der Waals surface area (Å²) in [7, 11) is 4.13. The van der Waals surface area contributed by atoms with Crippen LogP contribution in [0.4, 0.5) is 0 Å². The van der Waals surface area contributed by atoms with Crippen LogP contribution in [0.1, 0.15) is 18.4 Å². The van der Waals surface area contributed by atoms with E-state index in [4.69, 9.17) is 11.6 Å². The molecule has 0 spiro atoms. The quantitative estimate of drug-likeness (QED) is 0.823. The summed E-state index contributed by atoms with van der Waals surface area (Å²) in [5.41, 5.74) is 1.31. The van der Waals surface area contributed by atoms with Gasteiger partial charge in [0.15, 0.2) is 0 Å². The van der Waals surface area contributed by atoms with Crippen LogP contribution in [0.15, 0.2) is 24.3 Å². The molecule has 0 aliphatic carbocycles. The van der Waals surface area contributed by atoms with Crippen LogP contribution < -0.4 is 5.32 Å². The number of nitrogens with one attached hydrogen (secondary N) is 1. The van der Waals surface area contributed by atoms with Gasteiger partial charge in [-0.3, -0.25) is 0 Å². The maximum Gasteiger partial charge on any atom is 0.0408 e. The second-order valence-electron chi connectivity index (χ2n) is 4.32. The van der Waals surface area contributed by atoms with Gasteiger partial charge in [-0.25, -0.2) is 0 Å². The smallest absolute Gasteiger partial charge is 0.0408 e. The lowest BCUT2D eigenvalue weighted by molar-refractivity contribution is 0.318. The summed E-state index contributed by atoms with van der Waals surface area (Å²) in [4.78, 5) is 2.34. The molecule has 0 heterocycles. The monoisotopic (exact) mass is 240 g/mol. The Balaban J connectivity index is 2.48. The summed E-state index contributed by atoms with van der Waals surface area (Å²) in [5, 5.41) is 3.98. The van der Waals surface area contributed by atoms with Gasteiger partial charge in [0, 0.05) is 24.7 Å². The van der Waals surface area contributed by atoms with Gasteiger partial charge in [-0.15, -0.1) is 0 Å². The van der Waals surface area contributed by atoms with Gasteiger partial charge in [-0.2, -0.15) is 0 Å². The zero-order valence-electron chi connectivity index (χ0n) is 10.3. The molecule has 1 atom stereocenters. The SMILES string of the molecule is CNCCN(C)CC(C)c1cccc(Cl)c1. The third-order valence-electron chi connectivity index (χ3n) is 2.75. The molecular formula is C13H21ClN2. The van der Waals surface area contributed by atoms with Crippen LogP contribution in [0.3, 0.4) is 0 Å². The minimum absolute atomic E-state index is 0.514. The number of hydrogen-bond donors (Lipinski definition) is 1. The molecule has 1 aromatic carbocycles. The van der Waals surface area contributed by atoms with Crippen LogP contribution in [-0.4, -0.2) is 38.6 Å². The van der Waals surface area contributed by atoms with E-state index < -0.39 is 0 Å². The van der Waals surface area contributed by atoms with E-state index in [1.807, 2.05) is 19.2 Å². The molecule has 1 aromatic rings. The number of hydrogen-bond acceptors (Lipinski definition) is 2. The maximum absolute atomic E-state index is 5.99. The van der Waals surface area contributed by atoms with E-state index in [9.17, 15) is 0 Å². The van der Waals surface area contributed by atoms with Crippen molar-refractivity contribution in [3.05, 3.63) is 34.9 Å². The number of rotatable bonds is 6. The lowest BCUT2D eigenvalue weighted by atomic mass is 10.0. The lowest BCUT2D eigenvalue weighted by Gasteiger charge is -2.21. The zero-order chi connectivity index (χ0) is 12.0. The Bertz CT molecular complexity index is 315. The molecule has 1 unspecified atom stereocenters. The largest absolute Gasteiger partial charge is 0.318 e. The van der Waals surface area contributed by atoms with Crippen molar-refractivity contribution in [2.45, 2.75) is 12.8 Å². The van der Waals surface area contributed by atoms with E-state index in [0.717, 1.165) is 24.7 Å². The van der Waals surface area contributed by atoms with Crippen LogP contribution >= 0.6 is 11.6 Å². The van der Waals surface area contributed by atoms with Gasteiger partial charge >= 0.3 is 0 Å². The third kappa shape index (κ3) is 4.52. The summed E-state index contributed by atoms with van der Waals surface area (Å²) >= 11 is 5.99. The van der Waals surface area contributed by atoms with E-state index >= 15 is 0 Å². The highest BCUT2D eigenvalue weighted by Crippen LogP contribution is 2.19. The van der Waals surface area contributed by atoms with Crippen molar-refractivity contribution in [2.24, 2.45) is 0 Å². The van der Waals surface area contributed by atoms with Gasteiger partial charge in [0.1, 0.15) is 0 Å². The third-order valence-corrected chi connectivity index (χ3v) is 2.98. The minimum Gasteiger partial charge on any atom is -0.318 e. The summed E-state index contributed by atoms with van der Waals surface area (Å²) in [6.07, 6.45) is 0. The van der Waals surface area contributed by atoms with Crippen molar-refractivity contribution in [2.75, 3.05) is 33.7 Å². The van der Waals surface area contributed by atoms with Gasteiger partial charge in [0.2, 0.25) is 0 Å². The molecule has 90 valence electrons. The highest BCUT2D eigenvalue weighted by Gasteiger charge is 2.08. The Labute approximate surface area is 104 Å². The molecule has 0 saturated heterocycles. The lowest BCUT2D eigenvalue weighted by Crippen LogP contribution is -2.30. The Morgan fingerprint density at radius 3 is 2.81 bits per heavy atom. The number of halogens is 1.